The molecule has 1 heterocycles. The fraction of sp³-hybridized carbons (Fsp3) is 0.500. The first-order valence-electron chi connectivity index (χ1n) is 10.9. The quantitative estimate of drug-likeness (QED) is 0.680. The van der Waals surface area contributed by atoms with Crippen LogP contribution in [0.15, 0.2) is 36.4 Å². The van der Waals surface area contributed by atoms with Crippen LogP contribution in [-0.4, -0.2) is 18.4 Å². The van der Waals surface area contributed by atoms with Crippen LogP contribution in [0, 0.1) is 23.2 Å². The minimum absolute atomic E-state index is 0.102. The standard InChI is InChI=1S/C24H28N2O2S/c1-2-8-25-21(27)19-12-20(17-6-4-3-5-7-17)29-22(19)26-23(28)24-13-15-9-16(14-24)11-18(24)10-15/h3-7,12,15-16,18H,2,8-11,13-14H2,1H3,(H,25,27)(H,26,28). The highest BCUT2D eigenvalue weighted by Crippen LogP contribution is 2.65. The zero-order valence-electron chi connectivity index (χ0n) is 16.9. The summed E-state index contributed by atoms with van der Waals surface area (Å²) in [7, 11) is 0. The van der Waals surface area contributed by atoms with Crippen molar-refractivity contribution in [3.05, 3.63) is 42.0 Å². The number of anilines is 1. The molecule has 0 aliphatic heterocycles. The van der Waals surface area contributed by atoms with Crippen LogP contribution >= 0.6 is 11.3 Å². The van der Waals surface area contributed by atoms with Crippen LogP contribution in [0.3, 0.4) is 0 Å². The molecule has 6 rings (SSSR count). The first kappa shape index (κ1) is 18.9. The predicted octanol–water partition coefficient (Wildman–Crippen LogP) is 5.32. The lowest BCUT2D eigenvalue weighted by atomic mass is 9.75. The van der Waals surface area contributed by atoms with Gasteiger partial charge in [-0.2, -0.15) is 0 Å². The van der Waals surface area contributed by atoms with Crippen molar-refractivity contribution in [3.63, 3.8) is 0 Å². The lowest BCUT2D eigenvalue weighted by Gasteiger charge is -2.31. The molecule has 0 saturated heterocycles. The number of hydrogen-bond donors (Lipinski definition) is 2. The summed E-state index contributed by atoms with van der Waals surface area (Å²) >= 11 is 1.51. The number of carbonyl (C=O) groups is 2. The average Bonchev–Trinajstić information content (AvgIpc) is 3.34. The van der Waals surface area contributed by atoms with Crippen LogP contribution in [0.4, 0.5) is 5.00 Å². The fourth-order valence-electron chi connectivity index (χ4n) is 6.13. The second-order valence-electron chi connectivity index (χ2n) is 9.13. The number of rotatable bonds is 6. The lowest BCUT2D eigenvalue weighted by molar-refractivity contribution is -0.127. The largest absolute Gasteiger partial charge is 0.352 e. The van der Waals surface area contributed by atoms with Crippen LogP contribution in [0.1, 0.15) is 55.8 Å². The Hall–Kier alpha value is -2.14. The van der Waals surface area contributed by atoms with E-state index < -0.39 is 0 Å². The minimum Gasteiger partial charge on any atom is -0.352 e. The van der Waals surface area contributed by atoms with E-state index in [1.54, 1.807) is 0 Å². The Bertz CT molecular complexity index is 922. The summed E-state index contributed by atoms with van der Waals surface area (Å²) in [5.74, 6) is 2.05. The number of amides is 2. The number of carbonyl (C=O) groups excluding carboxylic acids is 2. The lowest BCUT2D eigenvalue weighted by Crippen LogP contribution is -2.37. The van der Waals surface area contributed by atoms with E-state index in [1.807, 2.05) is 43.3 Å². The number of benzene rings is 1. The summed E-state index contributed by atoms with van der Waals surface area (Å²) in [6.07, 6.45) is 6.70. The van der Waals surface area contributed by atoms with E-state index in [0.717, 1.165) is 41.5 Å². The topological polar surface area (TPSA) is 58.2 Å². The Morgan fingerprint density at radius 3 is 2.52 bits per heavy atom. The third kappa shape index (κ3) is 3.20. The van der Waals surface area contributed by atoms with Gasteiger partial charge in [-0.25, -0.2) is 0 Å². The molecule has 1 aromatic carbocycles. The maximum atomic E-state index is 13.5. The van der Waals surface area contributed by atoms with Gasteiger partial charge in [0.15, 0.2) is 0 Å². The van der Waals surface area contributed by atoms with Crippen molar-refractivity contribution >= 4 is 28.2 Å². The molecule has 152 valence electrons. The maximum Gasteiger partial charge on any atom is 0.254 e. The molecule has 0 spiro atoms. The van der Waals surface area contributed by atoms with E-state index in [2.05, 4.69) is 10.6 Å². The highest BCUT2D eigenvalue weighted by Gasteiger charge is 2.61. The summed E-state index contributed by atoms with van der Waals surface area (Å²) < 4.78 is 0. The van der Waals surface area contributed by atoms with Gasteiger partial charge in [0.1, 0.15) is 5.00 Å². The van der Waals surface area contributed by atoms with E-state index >= 15 is 0 Å². The summed E-state index contributed by atoms with van der Waals surface area (Å²) in [4.78, 5) is 27.3. The van der Waals surface area contributed by atoms with Crippen molar-refractivity contribution in [2.75, 3.05) is 11.9 Å². The van der Waals surface area contributed by atoms with Crippen molar-refractivity contribution in [3.8, 4) is 10.4 Å². The smallest absolute Gasteiger partial charge is 0.254 e. The molecule has 4 saturated carbocycles. The Balaban J connectivity index is 1.44. The molecule has 2 amide bonds. The van der Waals surface area contributed by atoms with Crippen LogP contribution in [-0.2, 0) is 4.79 Å². The molecule has 0 radical (unpaired) electrons. The van der Waals surface area contributed by atoms with E-state index in [0.29, 0.717) is 23.0 Å². The third-order valence-electron chi connectivity index (χ3n) is 7.24. The van der Waals surface area contributed by atoms with Gasteiger partial charge in [-0.05, 0) is 67.9 Å². The van der Waals surface area contributed by atoms with Gasteiger partial charge in [0.05, 0.1) is 11.0 Å². The molecular formula is C24H28N2O2S. The summed E-state index contributed by atoms with van der Waals surface area (Å²) in [5.41, 5.74) is 1.47. The molecule has 2 aromatic rings. The van der Waals surface area contributed by atoms with E-state index in [9.17, 15) is 9.59 Å². The van der Waals surface area contributed by atoms with Crippen molar-refractivity contribution in [2.24, 2.45) is 23.2 Å². The molecule has 1 aromatic heterocycles. The first-order chi connectivity index (χ1) is 14.1. The number of nitrogens with one attached hydrogen (secondary N) is 2. The van der Waals surface area contributed by atoms with E-state index in [1.165, 1.54) is 30.6 Å². The summed E-state index contributed by atoms with van der Waals surface area (Å²) in [6.45, 7) is 2.68. The summed E-state index contributed by atoms with van der Waals surface area (Å²) in [5, 5.41) is 6.89. The second-order valence-corrected chi connectivity index (χ2v) is 10.2. The summed E-state index contributed by atoms with van der Waals surface area (Å²) in [6, 6.07) is 12.0. The molecular weight excluding hydrogens is 380 g/mol. The average molecular weight is 409 g/mol. The molecule has 2 unspecified atom stereocenters. The van der Waals surface area contributed by atoms with Gasteiger partial charge in [-0.1, -0.05) is 37.3 Å². The van der Waals surface area contributed by atoms with Crippen LogP contribution < -0.4 is 10.6 Å². The maximum absolute atomic E-state index is 13.5. The van der Waals surface area contributed by atoms with Crippen LogP contribution in [0.2, 0.25) is 0 Å². The van der Waals surface area contributed by atoms with Gasteiger partial charge in [0.2, 0.25) is 5.91 Å². The first-order valence-corrected chi connectivity index (χ1v) is 11.7. The third-order valence-corrected chi connectivity index (χ3v) is 8.34. The Morgan fingerprint density at radius 1 is 1.10 bits per heavy atom. The Kier molecular flexibility index (Phi) is 4.73. The van der Waals surface area contributed by atoms with Crippen LogP contribution in [0.5, 0.6) is 0 Å². The second kappa shape index (κ2) is 7.28. The van der Waals surface area contributed by atoms with Crippen molar-refractivity contribution in [1.82, 2.24) is 5.32 Å². The normalized spacial score (nSPS) is 29.2. The molecule has 5 heteroatoms. The van der Waals surface area contributed by atoms with Gasteiger partial charge in [-0.15, -0.1) is 11.3 Å². The number of hydrogen-bond acceptors (Lipinski definition) is 3. The number of thiophene rings is 1. The predicted molar refractivity (Wildman–Crippen MR) is 117 cm³/mol. The zero-order chi connectivity index (χ0) is 20.0. The van der Waals surface area contributed by atoms with Gasteiger partial charge < -0.3 is 10.6 Å². The molecule has 4 aliphatic carbocycles. The SMILES string of the molecule is CCCNC(=O)c1cc(-c2ccccc2)sc1NC(=O)C12CC3CC(CC1C3)C2. The monoisotopic (exact) mass is 408 g/mol. The van der Waals surface area contributed by atoms with Crippen molar-refractivity contribution in [1.29, 1.82) is 0 Å². The van der Waals surface area contributed by atoms with Crippen molar-refractivity contribution < 1.29 is 9.59 Å². The molecule has 4 aliphatic rings. The molecule has 2 N–H and O–H groups in total. The van der Waals surface area contributed by atoms with E-state index in [4.69, 9.17) is 0 Å². The minimum atomic E-state index is -0.193. The van der Waals surface area contributed by atoms with Crippen molar-refractivity contribution in [2.45, 2.75) is 45.4 Å². The molecule has 2 atom stereocenters. The Labute approximate surface area is 176 Å². The molecule has 4 fully saturated rings. The highest BCUT2D eigenvalue weighted by molar-refractivity contribution is 7.20. The van der Waals surface area contributed by atoms with Crippen LogP contribution in [0.25, 0.3) is 10.4 Å². The molecule has 4 bridgehead atoms. The van der Waals surface area contributed by atoms with E-state index in [-0.39, 0.29) is 17.2 Å². The van der Waals surface area contributed by atoms with Gasteiger partial charge >= 0.3 is 0 Å². The van der Waals surface area contributed by atoms with Gasteiger partial charge in [0.25, 0.3) is 5.91 Å². The van der Waals surface area contributed by atoms with Gasteiger partial charge in [-0.3, -0.25) is 9.59 Å². The van der Waals surface area contributed by atoms with Gasteiger partial charge in [0, 0.05) is 11.4 Å². The Morgan fingerprint density at radius 2 is 1.83 bits per heavy atom. The molecule has 29 heavy (non-hydrogen) atoms. The zero-order valence-corrected chi connectivity index (χ0v) is 17.7. The fourth-order valence-corrected chi connectivity index (χ4v) is 7.18. The highest BCUT2D eigenvalue weighted by atomic mass is 32.1. The molecule has 4 nitrogen and oxygen atoms in total.